The second-order valence-corrected chi connectivity index (χ2v) is 7.71. The number of nitrogens with zero attached hydrogens (tertiary/aromatic N) is 2. The highest BCUT2D eigenvalue weighted by molar-refractivity contribution is 6.19. The van der Waals surface area contributed by atoms with Crippen molar-refractivity contribution in [2.45, 2.75) is 69.5 Å². The first-order valence-corrected chi connectivity index (χ1v) is 9.67. The summed E-state index contributed by atoms with van der Waals surface area (Å²) in [7, 11) is 0. The van der Waals surface area contributed by atoms with Gasteiger partial charge in [0.2, 0.25) is 0 Å². The van der Waals surface area contributed by atoms with Crippen molar-refractivity contribution in [3.63, 3.8) is 0 Å². The largest absolute Gasteiger partial charge is 0.328 e. The normalized spacial score (nSPS) is 32.4. The molecule has 1 aromatic rings. The highest BCUT2D eigenvalue weighted by Gasteiger charge is 2.53. The molecule has 3 aliphatic rings. The summed E-state index contributed by atoms with van der Waals surface area (Å²) in [6.45, 7) is 3.11. The van der Waals surface area contributed by atoms with Crippen LogP contribution in [0.5, 0.6) is 0 Å². The smallest absolute Gasteiger partial charge is 0.314 e. The number of para-hydroxylation sites is 1. The molecule has 134 valence electrons. The van der Waals surface area contributed by atoms with E-state index in [1.165, 1.54) is 19.3 Å². The third kappa shape index (κ3) is 3.06. The molecule has 2 saturated heterocycles. The first-order chi connectivity index (χ1) is 12.2. The lowest BCUT2D eigenvalue weighted by molar-refractivity contribution is 0.246. The molecule has 2 aliphatic heterocycles. The Morgan fingerprint density at radius 2 is 1.92 bits per heavy atom. The topological polar surface area (TPSA) is 56.7 Å². The molecule has 2 unspecified atom stereocenters. The number of hydrogen-bond donors (Lipinski definition) is 2. The van der Waals surface area contributed by atoms with Crippen LogP contribution >= 0.6 is 0 Å². The summed E-state index contributed by atoms with van der Waals surface area (Å²) in [6.07, 6.45) is 7.91. The quantitative estimate of drug-likeness (QED) is 0.866. The van der Waals surface area contributed by atoms with Gasteiger partial charge in [0.15, 0.2) is 0 Å². The van der Waals surface area contributed by atoms with Gasteiger partial charge in [0, 0.05) is 11.7 Å². The van der Waals surface area contributed by atoms with Gasteiger partial charge in [-0.1, -0.05) is 37.5 Å². The lowest BCUT2D eigenvalue weighted by atomic mass is 9.82. The van der Waals surface area contributed by atoms with Crippen molar-refractivity contribution >= 4 is 17.6 Å². The zero-order valence-corrected chi connectivity index (χ0v) is 15.0. The third-order valence-corrected chi connectivity index (χ3v) is 5.87. The molecular formula is C20H28N4O. The van der Waals surface area contributed by atoms with Crippen LogP contribution in [-0.2, 0) is 0 Å². The van der Waals surface area contributed by atoms with Gasteiger partial charge in [-0.25, -0.2) is 4.79 Å². The Morgan fingerprint density at radius 1 is 1.16 bits per heavy atom. The molecule has 1 aromatic carbocycles. The van der Waals surface area contributed by atoms with E-state index in [1.54, 1.807) is 0 Å². The molecule has 1 spiro atoms. The van der Waals surface area contributed by atoms with E-state index in [0.717, 1.165) is 43.8 Å². The Hall–Kier alpha value is -1.88. The van der Waals surface area contributed by atoms with Gasteiger partial charge < -0.3 is 5.32 Å². The number of urea groups is 1. The number of hydrogen-bond acceptors (Lipinski definition) is 3. The van der Waals surface area contributed by atoms with Crippen LogP contribution < -0.4 is 15.5 Å². The van der Waals surface area contributed by atoms with Crippen LogP contribution in [0.4, 0.5) is 10.5 Å². The molecule has 25 heavy (non-hydrogen) atoms. The second kappa shape index (κ2) is 6.79. The van der Waals surface area contributed by atoms with Crippen molar-refractivity contribution in [1.82, 2.24) is 10.6 Å². The van der Waals surface area contributed by atoms with E-state index in [2.05, 4.69) is 17.6 Å². The monoisotopic (exact) mass is 340 g/mol. The van der Waals surface area contributed by atoms with E-state index in [-0.39, 0.29) is 11.6 Å². The standard InChI is InChI=1S/C20H28N4O/c1-15-14-20(12-13-21-15)18(22-16-8-4-2-5-9-16)23-19(25)24(20)17-10-6-3-7-11-17/h3,6-7,10-11,15-16,21H,2,4-5,8-9,12-14H2,1H3,(H,22,23,25). The molecule has 3 fully saturated rings. The van der Waals surface area contributed by atoms with Crippen molar-refractivity contribution in [1.29, 1.82) is 0 Å². The lowest BCUT2D eigenvalue weighted by Gasteiger charge is -2.43. The summed E-state index contributed by atoms with van der Waals surface area (Å²) in [5.74, 6) is 0.904. The molecule has 4 rings (SSSR count). The van der Waals surface area contributed by atoms with Gasteiger partial charge in [0.05, 0.1) is 6.04 Å². The van der Waals surface area contributed by atoms with Crippen molar-refractivity contribution in [3.8, 4) is 0 Å². The van der Waals surface area contributed by atoms with Crippen LogP contribution in [0.2, 0.25) is 0 Å². The van der Waals surface area contributed by atoms with Crippen molar-refractivity contribution in [2.24, 2.45) is 4.99 Å². The van der Waals surface area contributed by atoms with E-state index < -0.39 is 0 Å². The Kier molecular flexibility index (Phi) is 4.50. The minimum absolute atomic E-state index is 0.0325. The zero-order valence-electron chi connectivity index (χ0n) is 15.0. The van der Waals surface area contributed by atoms with Crippen LogP contribution in [-0.4, -0.2) is 36.0 Å². The highest BCUT2D eigenvalue weighted by Crippen LogP contribution is 2.38. The number of nitrogens with one attached hydrogen (secondary N) is 2. The van der Waals surface area contributed by atoms with Crippen molar-refractivity contribution in [2.75, 3.05) is 11.4 Å². The zero-order chi connectivity index (χ0) is 17.3. The Morgan fingerprint density at radius 3 is 2.64 bits per heavy atom. The predicted octanol–water partition coefficient (Wildman–Crippen LogP) is 3.46. The Balaban J connectivity index is 1.74. The fourth-order valence-corrected chi connectivity index (χ4v) is 4.68. The van der Waals surface area contributed by atoms with Crippen molar-refractivity contribution in [3.05, 3.63) is 30.3 Å². The van der Waals surface area contributed by atoms with Crippen molar-refractivity contribution < 1.29 is 4.79 Å². The van der Waals surface area contributed by atoms with Crippen LogP contribution in [0.15, 0.2) is 35.3 Å². The Labute approximate surface area is 149 Å². The summed E-state index contributed by atoms with van der Waals surface area (Å²) >= 11 is 0. The van der Waals surface area contributed by atoms with Crippen LogP contribution in [0.3, 0.4) is 0 Å². The number of piperidine rings is 1. The number of carbonyl (C=O) groups excluding carboxylic acids is 1. The fraction of sp³-hybridized carbons (Fsp3) is 0.600. The highest BCUT2D eigenvalue weighted by atomic mass is 16.2. The molecule has 2 atom stereocenters. The summed E-state index contributed by atoms with van der Waals surface area (Å²) in [5.41, 5.74) is 0.628. The average molecular weight is 340 g/mol. The molecule has 0 radical (unpaired) electrons. The average Bonchev–Trinajstić information content (AvgIpc) is 2.87. The van der Waals surface area contributed by atoms with Gasteiger partial charge in [-0.05, 0) is 51.3 Å². The molecule has 5 heteroatoms. The number of rotatable bonds is 2. The van der Waals surface area contributed by atoms with Gasteiger partial charge in [0.25, 0.3) is 0 Å². The molecule has 0 aromatic heterocycles. The Bertz CT molecular complexity index is 653. The first-order valence-electron chi connectivity index (χ1n) is 9.67. The molecule has 2 N–H and O–H groups in total. The van der Waals surface area contributed by atoms with Gasteiger partial charge in [-0.2, -0.15) is 0 Å². The number of benzene rings is 1. The first kappa shape index (κ1) is 16.6. The SMILES string of the molecule is CC1CC2(CCN1)C(=NC1CCCCC1)NC(=O)N2c1ccccc1. The maximum atomic E-state index is 12.9. The molecule has 1 aliphatic carbocycles. The molecule has 5 nitrogen and oxygen atoms in total. The number of amidine groups is 1. The maximum absolute atomic E-state index is 12.9. The molecule has 2 heterocycles. The van der Waals surface area contributed by atoms with E-state index >= 15 is 0 Å². The van der Waals surface area contributed by atoms with E-state index in [1.807, 2.05) is 35.2 Å². The molecule has 1 saturated carbocycles. The van der Waals surface area contributed by atoms with Gasteiger partial charge in [-0.15, -0.1) is 0 Å². The summed E-state index contributed by atoms with van der Waals surface area (Å²) in [4.78, 5) is 20.0. The lowest BCUT2D eigenvalue weighted by Crippen LogP contribution is -2.58. The molecule has 2 amide bonds. The van der Waals surface area contributed by atoms with Gasteiger partial charge in [-0.3, -0.25) is 15.2 Å². The minimum Gasteiger partial charge on any atom is -0.314 e. The fourth-order valence-electron chi connectivity index (χ4n) is 4.68. The van der Waals surface area contributed by atoms with Gasteiger partial charge >= 0.3 is 6.03 Å². The second-order valence-electron chi connectivity index (χ2n) is 7.71. The minimum atomic E-state index is -0.333. The third-order valence-electron chi connectivity index (χ3n) is 5.87. The number of aliphatic imine (C=N–C) groups is 1. The summed E-state index contributed by atoms with van der Waals surface area (Å²) < 4.78 is 0. The van der Waals surface area contributed by atoms with E-state index in [4.69, 9.17) is 4.99 Å². The van der Waals surface area contributed by atoms with E-state index in [9.17, 15) is 4.79 Å². The van der Waals surface area contributed by atoms with Crippen LogP contribution in [0.25, 0.3) is 0 Å². The van der Waals surface area contributed by atoms with E-state index in [0.29, 0.717) is 12.1 Å². The number of anilines is 1. The molecular weight excluding hydrogens is 312 g/mol. The maximum Gasteiger partial charge on any atom is 0.328 e. The van der Waals surface area contributed by atoms with Crippen LogP contribution in [0, 0.1) is 0 Å². The van der Waals surface area contributed by atoms with Crippen LogP contribution in [0.1, 0.15) is 51.9 Å². The van der Waals surface area contributed by atoms with Gasteiger partial charge in [0.1, 0.15) is 11.4 Å². The number of carbonyl (C=O) groups is 1. The molecule has 0 bridgehead atoms. The summed E-state index contributed by atoms with van der Waals surface area (Å²) in [5, 5.41) is 6.66. The number of amides is 2. The summed E-state index contributed by atoms with van der Waals surface area (Å²) in [6, 6.07) is 10.7. The predicted molar refractivity (Wildman–Crippen MR) is 101 cm³/mol.